The number of benzene rings is 1. The lowest BCUT2D eigenvalue weighted by Gasteiger charge is -2.33. The van der Waals surface area contributed by atoms with E-state index in [0.717, 1.165) is 5.56 Å². The molecule has 0 amide bonds. The molecule has 3 nitrogen and oxygen atoms in total. The van der Waals surface area contributed by atoms with E-state index in [9.17, 15) is 13.2 Å². The zero-order valence-electron chi connectivity index (χ0n) is 12.7. The molecule has 2 N–H and O–H groups in total. The molecule has 0 heterocycles. The largest absolute Gasteiger partial charge is 0.497 e. The molecule has 0 spiro atoms. The molecule has 2 atom stereocenters. The molecule has 0 saturated carbocycles. The summed E-state index contributed by atoms with van der Waals surface area (Å²) in [6, 6.07) is 6.82. The first-order chi connectivity index (χ1) is 9.78. The van der Waals surface area contributed by atoms with Gasteiger partial charge in [-0.1, -0.05) is 19.1 Å². The molecule has 0 bridgehead atoms. The third kappa shape index (κ3) is 5.55. The Labute approximate surface area is 123 Å². The maximum atomic E-state index is 12.4. The van der Waals surface area contributed by atoms with Gasteiger partial charge in [-0.25, -0.2) is 0 Å². The summed E-state index contributed by atoms with van der Waals surface area (Å²) in [6.45, 7) is 1.85. The van der Waals surface area contributed by atoms with Crippen LogP contribution in [0.15, 0.2) is 24.3 Å². The summed E-state index contributed by atoms with van der Waals surface area (Å²) in [7, 11) is 3.25. The summed E-state index contributed by atoms with van der Waals surface area (Å²) in [5, 5.41) is 0. The van der Waals surface area contributed by atoms with Crippen molar-refractivity contribution in [2.75, 3.05) is 20.7 Å². The highest BCUT2D eigenvalue weighted by Gasteiger charge is 2.30. The van der Waals surface area contributed by atoms with E-state index in [2.05, 4.69) is 0 Å². The van der Waals surface area contributed by atoms with Gasteiger partial charge in [0.15, 0.2) is 0 Å². The quantitative estimate of drug-likeness (QED) is 0.839. The average molecular weight is 304 g/mol. The minimum absolute atomic E-state index is 0.0755. The Kier molecular flexibility index (Phi) is 6.48. The SMILES string of the molecule is CCC(N)C(c1ccc(OC)cc1)N(C)CCC(F)(F)F. The van der Waals surface area contributed by atoms with Gasteiger partial charge in [-0.05, 0) is 31.2 Å². The molecule has 1 aromatic carbocycles. The number of likely N-dealkylation sites (N-methyl/N-ethyl adjacent to an activating group) is 1. The second-order valence-electron chi connectivity index (χ2n) is 5.14. The van der Waals surface area contributed by atoms with Gasteiger partial charge in [0.2, 0.25) is 0 Å². The highest BCUT2D eigenvalue weighted by atomic mass is 19.4. The molecular weight excluding hydrogens is 281 g/mol. The second-order valence-corrected chi connectivity index (χ2v) is 5.14. The first kappa shape index (κ1) is 17.8. The number of methoxy groups -OCH3 is 1. The van der Waals surface area contributed by atoms with Crippen LogP contribution < -0.4 is 10.5 Å². The molecular formula is C15H23F3N2O. The van der Waals surface area contributed by atoms with E-state index in [1.165, 1.54) is 0 Å². The van der Waals surface area contributed by atoms with Crippen LogP contribution in [0.1, 0.15) is 31.4 Å². The number of alkyl halides is 3. The normalized spacial score (nSPS) is 15.0. The van der Waals surface area contributed by atoms with Crippen LogP contribution in [0.25, 0.3) is 0 Å². The highest BCUT2D eigenvalue weighted by molar-refractivity contribution is 5.30. The first-order valence-corrected chi connectivity index (χ1v) is 6.95. The van der Waals surface area contributed by atoms with Crippen molar-refractivity contribution in [3.05, 3.63) is 29.8 Å². The van der Waals surface area contributed by atoms with E-state index in [-0.39, 0.29) is 18.6 Å². The van der Waals surface area contributed by atoms with Gasteiger partial charge in [-0.15, -0.1) is 0 Å². The Morgan fingerprint density at radius 2 is 1.81 bits per heavy atom. The molecule has 0 fully saturated rings. The Morgan fingerprint density at radius 3 is 2.24 bits per heavy atom. The van der Waals surface area contributed by atoms with Crippen molar-refractivity contribution in [2.24, 2.45) is 5.73 Å². The van der Waals surface area contributed by atoms with E-state index in [0.29, 0.717) is 12.2 Å². The number of hydrogen-bond donors (Lipinski definition) is 1. The maximum Gasteiger partial charge on any atom is 0.390 e. The molecule has 2 unspecified atom stereocenters. The van der Waals surface area contributed by atoms with Crippen molar-refractivity contribution in [3.63, 3.8) is 0 Å². The summed E-state index contributed by atoms with van der Waals surface area (Å²) >= 11 is 0. The Bertz CT molecular complexity index is 420. The summed E-state index contributed by atoms with van der Waals surface area (Å²) in [6.07, 6.45) is -4.31. The number of halogens is 3. The van der Waals surface area contributed by atoms with Crippen molar-refractivity contribution in [1.29, 1.82) is 0 Å². The van der Waals surface area contributed by atoms with Gasteiger partial charge in [-0.2, -0.15) is 13.2 Å². The smallest absolute Gasteiger partial charge is 0.390 e. The zero-order chi connectivity index (χ0) is 16.0. The number of rotatable bonds is 7. The van der Waals surface area contributed by atoms with Crippen LogP contribution in [-0.2, 0) is 0 Å². The van der Waals surface area contributed by atoms with Crippen molar-refractivity contribution in [2.45, 2.75) is 38.0 Å². The average Bonchev–Trinajstić information content (AvgIpc) is 2.45. The van der Waals surface area contributed by atoms with Crippen LogP contribution >= 0.6 is 0 Å². The fourth-order valence-corrected chi connectivity index (χ4v) is 2.30. The summed E-state index contributed by atoms with van der Waals surface area (Å²) < 4.78 is 42.3. The summed E-state index contributed by atoms with van der Waals surface area (Å²) in [5.74, 6) is 0.709. The molecule has 1 aromatic rings. The predicted octanol–water partition coefficient (Wildman–Crippen LogP) is 3.36. The molecule has 0 aliphatic heterocycles. The van der Waals surface area contributed by atoms with E-state index in [4.69, 9.17) is 10.5 Å². The van der Waals surface area contributed by atoms with Crippen LogP contribution in [0.4, 0.5) is 13.2 Å². The fourth-order valence-electron chi connectivity index (χ4n) is 2.30. The van der Waals surface area contributed by atoms with Gasteiger partial charge in [0, 0.05) is 18.6 Å². The zero-order valence-corrected chi connectivity index (χ0v) is 12.7. The van der Waals surface area contributed by atoms with E-state index >= 15 is 0 Å². The molecule has 0 aliphatic rings. The maximum absolute atomic E-state index is 12.4. The second kappa shape index (κ2) is 7.66. The Balaban J connectivity index is 2.88. The van der Waals surface area contributed by atoms with Gasteiger partial charge in [0.1, 0.15) is 5.75 Å². The molecule has 120 valence electrons. The molecule has 0 aromatic heterocycles. The molecule has 1 rings (SSSR count). The predicted molar refractivity (Wildman–Crippen MR) is 77.3 cm³/mol. The van der Waals surface area contributed by atoms with Gasteiger partial charge < -0.3 is 10.5 Å². The standard InChI is InChI=1S/C15H23F3N2O/c1-4-13(19)14(20(2)10-9-15(16,17)18)11-5-7-12(21-3)8-6-11/h5-8,13-14H,4,9-10,19H2,1-3H3. The lowest BCUT2D eigenvalue weighted by molar-refractivity contribution is -0.138. The number of hydrogen-bond acceptors (Lipinski definition) is 3. The van der Waals surface area contributed by atoms with Gasteiger partial charge in [0.25, 0.3) is 0 Å². The lowest BCUT2D eigenvalue weighted by Crippen LogP contribution is -2.40. The number of ether oxygens (including phenoxy) is 1. The van der Waals surface area contributed by atoms with Crippen molar-refractivity contribution >= 4 is 0 Å². The van der Waals surface area contributed by atoms with Crippen molar-refractivity contribution < 1.29 is 17.9 Å². The Hall–Kier alpha value is -1.27. The summed E-state index contributed by atoms with van der Waals surface area (Å²) in [4.78, 5) is 1.67. The van der Waals surface area contributed by atoms with Crippen LogP contribution in [0.2, 0.25) is 0 Å². The minimum atomic E-state index is -4.16. The monoisotopic (exact) mass is 304 g/mol. The van der Waals surface area contributed by atoms with E-state index < -0.39 is 12.6 Å². The van der Waals surface area contributed by atoms with E-state index in [1.54, 1.807) is 31.2 Å². The lowest BCUT2D eigenvalue weighted by atomic mass is 9.96. The van der Waals surface area contributed by atoms with Crippen LogP contribution in [0.3, 0.4) is 0 Å². The molecule has 0 radical (unpaired) electrons. The first-order valence-electron chi connectivity index (χ1n) is 6.95. The topological polar surface area (TPSA) is 38.5 Å². The fraction of sp³-hybridized carbons (Fsp3) is 0.600. The molecule has 21 heavy (non-hydrogen) atoms. The van der Waals surface area contributed by atoms with Crippen LogP contribution in [-0.4, -0.2) is 37.8 Å². The van der Waals surface area contributed by atoms with Crippen molar-refractivity contribution in [3.8, 4) is 5.75 Å². The van der Waals surface area contributed by atoms with Gasteiger partial charge >= 0.3 is 6.18 Å². The third-order valence-electron chi connectivity index (χ3n) is 3.56. The number of nitrogens with two attached hydrogens (primary N) is 1. The molecule has 0 aliphatic carbocycles. The van der Waals surface area contributed by atoms with Crippen LogP contribution in [0, 0.1) is 0 Å². The Morgan fingerprint density at radius 1 is 1.24 bits per heavy atom. The summed E-state index contributed by atoms with van der Waals surface area (Å²) in [5.41, 5.74) is 7.00. The minimum Gasteiger partial charge on any atom is -0.497 e. The molecule has 0 saturated heterocycles. The van der Waals surface area contributed by atoms with E-state index in [1.807, 2.05) is 19.1 Å². The van der Waals surface area contributed by atoms with Gasteiger partial charge in [0.05, 0.1) is 13.5 Å². The van der Waals surface area contributed by atoms with Gasteiger partial charge in [-0.3, -0.25) is 4.90 Å². The highest BCUT2D eigenvalue weighted by Crippen LogP contribution is 2.28. The van der Waals surface area contributed by atoms with Crippen molar-refractivity contribution in [1.82, 2.24) is 4.90 Å². The number of nitrogens with zero attached hydrogens (tertiary/aromatic N) is 1. The van der Waals surface area contributed by atoms with Crippen LogP contribution in [0.5, 0.6) is 5.75 Å². The molecule has 6 heteroatoms. The third-order valence-corrected chi connectivity index (χ3v) is 3.56.